The maximum absolute atomic E-state index is 13.9. The van der Waals surface area contributed by atoms with Gasteiger partial charge >= 0.3 is 7.12 Å². The van der Waals surface area contributed by atoms with Gasteiger partial charge in [0.05, 0.1) is 35.2 Å². The molecule has 0 radical (unpaired) electrons. The lowest BCUT2D eigenvalue weighted by Gasteiger charge is -2.43. The van der Waals surface area contributed by atoms with Crippen LogP contribution in [0.25, 0.3) is 6.08 Å². The summed E-state index contributed by atoms with van der Waals surface area (Å²) in [5.74, 6) is -0.553. The van der Waals surface area contributed by atoms with Crippen LogP contribution in [0.4, 0.5) is 0 Å². The molecule has 228 valence electrons. The fourth-order valence-corrected chi connectivity index (χ4v) is 8.39. The average molecular weight is 691 g/mol. The van der Waals surface area contributed by atoms with Gasteiger partial charge in [0.15, 0.2) is 11.5 Å². The van der Waals surface area contributed by atoms with Crippen LogP contribution in [-0.2, 0) is 19.0 Å². The Morgan fingerprint density at radius 1 is 1.14 bits per heavy atom. The SMILES string of the molecule is CCC/C(=C\c1cc(I)c(O)c(OC)c1)CC[C@H]1OB(O)C[C@H]2C1=C(COC)C[C@H]1C(=O)N(C3CCCCC3)C(=O)[C@H]12. The zero-order chi connectivity index (χ0) is 30.0. The zero-order valence-corrected chi connectivity index (χ0v) is 27.1. The van der Waals surface area contributed by atoms with Gasteiger partial charge in [-0.25, -0.2) is 0 Å². The van der Waals surface area contributed by atoms with Crippen LogP contribution in [-0.4, -0.2) is 66.9 Å². The molecule has 2 aliphatic carbocycles. The molecule has 3 fully saturated rings. The van der Waals surface area contributed by atoms with Gasteiger partial charge < -0.3 is 24.3 Å². The van der Waals surface area contributed by atoms with Crippen LogP contribution in [0, 0.1) is 21.3 Å². The quantitative estimate of drug-likeness (QED) is 0.140. The van der Waals surface area contributed by atoms with Crippen LogP contribution in [0.5, 0.6) is 11.5 Å². The zero-order valence-electron chi connectivity index (χ0n) is 24.9. The molecule has 2 saturated heterocycles. The summed E-state index contributed by atoms with van der Waals surface area (Å²) < 4.78 is 17.9. The molecule has 2 N–H and O–H groups in total. The van der Waals surface area contributed by atoms with Crippen LogP contribution >= 0.6 is 22.6 Å². The summed E-state index contributed by atoms with van der Waals surface area (Å²) in [6.07, 6.45) is 10.9. The Labute approximate surface area is 263 Å². The van der Waals surface area contributed by atoms with Crippen molar-refractivity contribution in [3.8, 4) is 11.5 Å². The molecule has 2 aliphatic heterocycles. The summed E-state index contributed by atoms with van der Waals surface area (Å²) in [5.41, 5.74) is 4.30. The van der Waals surface area contributed by atoms with E-state index in [1.165, 1.54) is 5.57 Å². The smallest absolute Gasteiger partial charge is 0.455 e. The van der Waals surface area contributed by atoms with E-state index >= 15 is 0 Å². The molecule has 2 amide bonds. The molecular formula is C32H43BINO7. The first kappa shape index (κ1) is 31.5. The number of carbonyl (C=O) groups is 2. The van der Waals surface area contributed by atoms with Gasteiger partial charge in [-0.15, -0.1) is 0 Å². The van der Waals surface area contributed by atoms with Gasteiger partial charge in [0, 0.05) is 13.2 Å². The van der Waals surface area contributed by atoms with E-state index in [9.17, 15) is 19.7 Å². The van der Waals surface area contributed by atoms with E-state index in [1.54, 1.807) is 19.1 Å². The first-order valence-electron chi connectivity index (χ1n) is 15.4. The Hall–Kier alpha value is -1.89. The van der Waals surface area contributed by atoms with E-state index in [0.29, 0.717) is 31.5 Å². The summed E-state index contributed by atoms with van der Waals surface area (Å²) in [7, 11) is 2.22. The Balaban J connectivity index is 1.42. The molecule has 1 saturated carbocycles. The highest BCUT2D eigenvalue weighted by atomic mass is 127. The molecule has 8 nitrogen and oxygen atoms in total. The number of halogens is 1. The number of amides is 2. The second kappa shape index (κ2) is 13.8. The number of imide groups is 1. The van der Waals surface area contributed by atoms with Gasteiger partial charge in [-0.2, -0.15) is 0 Å². The van der Waals surface area contributed by atoms with E-state index in [-0.39, 0.29) is 41.5 Å². The highest BCUT2D eigenvalue weighted by molar-refractivity contribution is 14.1. The largest absolute Gasteiger partial charge is 0.504 e. The predicted molar refractivity (Wildman–Crippen MR) is 170 cm³/mol. The van der Waals surface area contributed by atoms with E-state index in [0.717, 1.165) is 71.6 Å². The molecule has 2 heterocycles. The minimum atomic E-state index is -0.987. The van der Waals surface area contributed by atoms with Crippen molar-refractivity contribution in [2.24, 2.45) is 17.8 Å². The lowest BCUT2D eigenvalue weighted by Crippen LogP contribution is -2.47. The van der Waals surface area contributed by atoms with E-state index in [4.69, 9.17) is 14.1 Å². The number of ether oxygens (including phenoxy) is 2. The summed E-state index contributed by atoms with van der Waals surface area (Å²) in [4.78, 5) is 29.2. The van der Waals surface area contributed by atoms with Crippen molar-refractivity contribution in [3.05, 3.63) is 38.0 Å². The minimum Gasteiger partial charge on any atom is -0.504 e. The standard InChI is InChI=1S/C32H43BINO7/c1-4-8-19(13-20-14-25(34)30(36)27(15-20)41-3)11-12-26-28-21(18-40-2)16-23-29(24(28)17-33(39)42-26)32(38)35(31(23)37)22-9-6-5-7-10-22/h13-15,22-24,26,29,36,39H,4-12,16-18H2,1-3H3/b19-13+/t23-,24+,26-,29-/m1/s1. The Morgan fingerprint density at radius 3 is 2.60 bits per heavy atom. The van der Waals surface area contributed by atoms with Crippen LogP contribution < -0.4 is 4.74 Å². The number of benzene rings is 1. The lowest BCUT2D eigenvalue weighted by atomic mass is 9.58. The maximum Gasteiger partial charge on any atom is 0.455 e. The lowest BCUT2D eigenvalue weighted by molar-refractivity contribution is -0.143. The van der Waals surface area contributed by atoms with E-state index in [2.05, 4.69) is 35.6 Å². The topological polar surface area (TPSA) is 106 Å². The third-order valence-corrected chi connectivity index (χ3v) is 10.4. The van der Waals surface area contributed by atoms with Gasteiger partial charge in [-0.05, 0) is 102 Å². The second-order valence-electron chi connectivity index (χ2n) is 12.2. The summed E-state index contributed by atoms with van der Waals surface area (Å²) in [6.45, 7) is 2.53. The molecule has 0 unspecified atom stereocenters. The van der Waals surface area contributed by atoms with Crippen LogP contribution in [0.1, 0.15) is 76.7 Å². The average Bonchev–Trinajstić information content (AvgIpc) is 3.23. The normalized spacial score (nSPS) is 27.0. The minimum absolute atomic E-state index is 0.00237. The van der Waals surface area contributed by atoms with Crippen molar-refractivity contribution in [3.63, 3.8) is 0 Å². The molecule has 0 spiro atoms. The van der Waals surface area contributed by atoms with Crippen LogP contribution in [0.15, 0.2) is 28.9 Å². The number of rotatable bonds is 10. The molecule has 0 aromatic heterocycles. The number of hydrogen-bond donors (Lipinski definition) is 2. The van der Waals surface area contributed by atoms with Crippen molar-refractivity contribution in [1.82, 2.24) is 4.90 Å². The number of nitrogens with zero attached hydrogens (tertiary/aromatic N) is 1. The number of phenols is 1. The molecule has 0 bridgehead atoms. The molecular weight excluding hydrogens is 648 g/mol. The van der Waals surface area contributed by atoms with Crippen LogP contribution in [0.2, 0.25) is 6.32 Å². The molecule has 5 rings (SSSR count). The second-order valence-corrected chi connectivity index (χ2v) is 13.4. The third kappa shape index (κ3) is 6.32. The first-order valence-corrected chi connectivity index (χ1v) is 16.5. The number of hydrogen-bond acceptors (Lipinski definition) is 7. The number of likely N-dealkylation sites (tertiary alicyclic amines) is 1. The summed E-state index contributed by atoms with van der Waals surface area (Å²) in [6, 6.07) is 3.78. The Bertz CT molecular complexity index is 1240. The summed E-state index contributed by atoms with van der Waals surface area (Å²) in [5, 5.41) is 21.2. The predicted octanol–water partition coefficient (Wildman–Crippen LogP) is 5.75. The Morgan fingerprint density at radius 2 is 1.90 bits per heavy atom. The van der Waals surface area contributed by atoms with Gasteiger partial charge in [0.25, 0.3) is 0 Å². The van der Waals surface area contributed by atoms with Gasteiger partial charge in [-0.3, -0.25) is 14.5 Å². The maximum atomic E-state index is 13.9. The molecule has 10 heteroatoms. The first-order chi connectivity index (χ1) is 20.3. The number of allylic oxidation sites excluding steroid dienone is 1. The fourth-order valence-electron chi connectivity index (χ4n) is 7.77. The molecule has 42 heavy (non-hydrogen) atoms. The molecule has 1 aromatic carbocycles. The van der Waals surface area contributed by atoms with Gasteiger partial charge in [-0.1, -0.05) is 44.3 Å². The van der Waals surface area contributed by atoms with Gasteiger partial charge in [0.1, 0.15) is 0 Å². The highest BCUT2D eigenvalue weighted by Gasteiger charge is 2.58. The van der Waals surface area contributed by atoms with Crippen LogP contribution in [0.3, 0.4) is 0 Å². The molecule has 4 aliphatic rings. The third-order valence-electron chi connectivity index (χ3n) is 9.54. The van der Waals surface area contributed by atoms with Crippen molar-refractivity contribution >= 4 is 47.6 Å². The monoisotopic (exact) mass is 691 g/mol. The van der Waals surface area contributed by atoms with Crippen molar-refractivity contribution < 1.29 is 33.8 Å². The highest BCUT2D eigenvalue weighted by Crippen LogP contribution is 2.51. The number of methoxy groups -OCH3 is 2. The summed E-state index contributed by atoms with van der Waals surface area (Å²) >= 11 is 2.11. The van der Waals surface area contributed by atoms with Crippen molar-refractivity contribution in [2.75, 3.05) is 20.8 Å². The van der Waals surface area contributed by atoms with Crippen molar-refractivity contribution in [2.45, 2.75) is 89.6 Å². The van der Waals surface area contributed by atoms with E-state index < -0.39 is 13.0 Å². The molecule has 4 atom stereocenters. The number of carbonyl (C=O) groups excluding carboxylic acids is 2. The Kier molecular flexibility index (Phi) is 10.4. The van der Waals surface area contributed by atoms with Crippen molar-refractivity contribution in [1.29, 1.82) is 0 Å². The van der Waals surface area contributed by atoms with Gasteiger partial charge in [0.2, 0.25) is 11.8 Å². The van der Waals surface area contributed by atoms with E-state index in [1.807, 2.05) is 12.1 Å². The fraction of sp³-hybridized carbons (Fsp3) is 0.625. The number of phenolic OH excluding ortho intramolecular Hbond substituents is 1. The number of aromatic hydroxyl groups is 1. The molecule has 1 aromatic rings. The number of fused-ring (bicyclic) bond motifs is 3.